The summed E-state index contributed by atoms with van der Waals surface area (Å²) in [7, 11) is 1.58. The summed E-state index contributed by atoms with van der Waals surface area (Å²) in [6.45, 7) is 1.55. The van der Waals surface area contributed by atoms with Gasteiger partial charge in [-0.15, -0.1) is 0 Å². The van der Waals surface area contributed by atoms with E-state index in [2.05, 4.69) is 0 Å². The van der Waals surface area contributed by atoms with Crippen LogP contribution in [0.5, 0.6) is 0 Å². The largest absolute Gasteiger partial charge is 0.343 e. The molecule has 4 nitrogen and oxygen atoms in total. The van der Waals surface area contributed by atoms with Crippen LogP contribution in [0.15, 0.2) is 36.0 Å². The van der Waals surface area contributed by atoms with E-state index in [1.54, 1.807) is 44.4 Å². The fraction of sp³-hybridized carbons (Fsp3) is 0.300. The third-order valence-electron chi connectivity index (χ3n) is 1.88. The number of allylic oxidation sites excluding steroid dienone is 5. The minimum Gasteiger partial charge on any atom is -0.264 e. The second-order valence-electron chi connectivity index (χ2n) is 2.97. The molecule has 14 heavy (non-hydrogen) atoms. The predicted molar refractivity (Wildman–Crippen MR) is 53.8 cm³/mol. The molecule has 0 aromatic carbocycles. The van der Waals surface area contributed by atoms with Crippen LogP contribution < -0.4 is 0 Å². The van der Waals surface area contributed by atoms with Crippen molar-refractivity contribution in [3.63, 3.8) is 0 Å². The monoisotopic (exact) mass is 194 g/mol. The molecule has 0 spiro atoms. The summed E-state index contributed by atoms with van der Waals surface area (Å²) in [5, 5.41) is 10.4. The second-order valence-corrected chi connectivity index (χ2v) is 2.97. The standard InChI is InChI=1S/C10H12NO3/c1-8(11(12)13)7-9-3-5-10(14-2)6-4-9/h3-8H,1-2H3/q+1. The molecule has 1 aliphatic carbocycles. The van der Waals surface area contributed by atoms with E-state index < -0.39 is 6.04 Å². The number of carbonyl (C=O) groups excluding carboxylic acids is 1. The Morgan fingerprint density at radius 1 is 1.43 bits per heavy atom. The van der Waals surface area contributed by atoms with E-state index in [1.807, 2.05) is 0 Å². The lowest BCUT2D eigenvalue weighted by Gasteiger charge is -1.99. The van der Waals surface area contributed by atoms with E-state index in [1.165, 1.54) is 0 Å². The van der Waals surface area contributed by atoms with Crippen molar-refractivity contribution in [2.45, 2.75) is 13.0 Å². The zero-order chi connectivity index (χ0) is 10.6. The second kappa shape index (κ2) is 4.50. The quantitative estimate of drug-likeness (QED) is 0.379. The van der Waals surface area contributed by atoms with Gasteiger partial charge in [-0.1, -0.05) is 0 Å². The third kappa shape index (κ3) is 2.65. The van der Waals surface area contributed by atoms with Crippen molar-refractivity contribution in [3.8, 4) is 0 Å². The molecule has 4 heteroatoms. The molecule has 0 fully saturated rings. The van der Waals surface area contributed by atoms with Crippen LogP contribution in [0, 0.1) is 10.1 Å². The van der Waals surface area contributed by atoms with Gasteiger partial charge in [0.1, 0.15) is 0 Å². The third-order valence-corrected chi connectivity index (χ3v) is 1.88. The Labute approximate surface area is 82.1 Å². The number of nitrogens with zero attached hydrogens (tertiary/aromatic N) is 1. The van der Waals surface area contributed by atoms with Gasteiger partial charge in [0, 0.05) is 24.0 Å². The van der Waals surface area contributed by atoms with Gasteiger partial charge in [-0.3, -0.25) is 14.5 Å². The van der Waals surface area contributed by atoms with Gasteiger partial charge in [0.25, 0.3) is 7.11 Å². The summed E-state index contributed by atoms with van der Waals surface area (Å²) in [6.07, 6.45) is 8.73. The normalized spacial score (nSPS) is 16.7. The highest BCUT2D eigenvalue weighted by molar-refractivity contribution is 6.01. The van der Waals surface area contributed by atoms with Crippen LogP contribution in [-0.4, -0.2) is 23.9 Å². The molecule has 0 aromatic rings. The van der Waals surface area contributed by atoms with Gasteiger partial charge in [-0.2, -0.15) is 0 Å². The van der Waals surface area contributed by atoms with E-state index in [0.29, 0.717) is 0 Å². The summed E-state index contributed by atoms with van der Waals surface area (Å²) in [6, 6.07) is -0.664. The van der Waals surface area contributed by atoms with Gasteiger partial charge in [0.2, 0.25) is 6.04 Å². The predicted octanol–water partition coefficient (Wildman–Crippen LogP) is 1.44. The zero-order valence-corrected chi connectivity index (χ0v) is 8.14. The van der Waals surface area contributed by atoms with E-state index in [9.17, 15) is 10.1 Å². The van der Waals surface area contributed by atoms with Crippen LogP contribution in [0.1, 0.15) is 6.92 Å². The molecule has 0 N–H and O–H groups in total. The highest BCUT2D eigenvalue weighted by atomic mass is 16.6. The number of hydrogen-bond donors (Lipinski definition) is 0. The van der Waals surface area contributed by atoms with Crippen LogP contribution in [0.2, 0.25) is 0 Å². The molecule has 1 rings (SSSR count). The first-order valence-corrected chi connectivity index (χ1v) is 4.26. The molecular formula is C10H12NO3+. The lowest BCUT2D eigenvalue weighted by molar-refractivity contribution is -0.504. The van der Waals surface area contributed by atoms with Gasteiger partial charge < -0.3 is 0 Å². The minimum absolute atomic E-state index is 0.329. The average Bonchev–Trinajstić information content (AvgIpc) is 2.19. The average molecular weight is 194 g/mol. The first-order valence-electron chi connectivity index (χ1n) is 4.26. The molecule has 0 amide bonds. The van der Waals surface area contributed by atoms with Crippen molar-refractivity contribution in [3.05, 3.63) is 46.1 Å². The molecular weight excluding hydrogens is 182 g/mol. The minimum atomic E-state index is -0.664. The number of rotatable bonds is 2. The van der Waals surface area contributed by atoms with Gasteiger partial charge >= 0.3 is 5.78 Å². The van der Waals surface area contributed by atoms with Crippen molar-refractivity contribution in [1.29, 1.82) is 0 Å². The number of ketones is 1. The molecule has 0 saturated carbocycles. The van der Waals surface area contributed by atoms with Crippen LogP contribution >= 0.6 is 0 Å². The maximum atomic E-state index is 10.4. The maximum Gasteiger partial charge on any atom is 0.343 e. The smallest absolute Gasteiger partial charge is 0.264 e. The Balaban J connectivity index is 2.75. The topological polar surface area (TPSA) is 54.4 Å². The summed E-state index contributed by atoms with van der Waals surface area (Å²) in [5.41, 5.74) is 0.829. The Hall–Kier alpha value is -1.71. The zero-order valence-electron chi connectivity index (χ0n) is 8.14. The summed E-state index contributed by atoms with van der Waals surface area (Å²) < 4.78 is 4.97. The molecule has 1 unspecified atom stereocenters. The van der Waals surface area contributed by atoms with Crippen molar-refractivity contribution in [1.82, 2.24) is 0 Å². The van der Waals surface area contributed by atoms with Crippen molar-refractivity contribution in [2.75, 3.05) is 7.11 Å². The van der Waals surface area contributed by atoms with E-state index in [4.69, 9.17) is 4.42 Å². The fourth-order valence-electron chi connectivity index (χ4n) is 1.05. The van der Waals surface area contributed by atoms with Crippen molar-refractivity contribution >= 4 is 5.78 Å². The molecule has 0 heterocycles. The van der Waals surface area contributed by atoms with Crippen LogP contribution in [0.25, 0.3) is 0 Å². The van der Waals surface area contributed by atoms with Gasteiger partial charge in [-0.25, -0.2) is 0 Å². The molecule has 0 saturated heterocycles. The van der Waals surface area contributed by atoms with E-state index in [0.717, 1.165) is 11.4 Å². The molecule has 74 valence electrons. The molecule has 0 radical (unpaired) electrons. The van der Waals surface area contributed by atoms with E-state index in [-0.39, 0.29) is 4.92 Å². The Morgan fingerprint density at radius 3 is 2.43 bits per heavy atom. The van der Waals surface area contributed by atoms with Crippen molar-refractivity contribution < 1.29 is 9.35 Å². The molecule has 0 aromatic heterocycles. The maximum absolute atomic E-state index is 10.4. The lowest BCUT2D eigenvalue weighted by atomic mass is 10.1. The Bertz CT molecular complexity index is 332. The van der Waals surface area contributed by atoms with E-state index >= 15 is 0 Å². The number of hydrogen-bond acceptors (Lipinski definition) is 2. The van der Waals surface area contributed by atoms with Crippen molar-refractivity contribution in [2.24, 2.45) is 0 Å². The molecule has 1 atom stereocenters. The summed E-state index contributed by atoms with van der Waals surface area (Å²) in [5.74, 6) is 0.746. The lowest BCUT2D eigenvalue weighted by Crippen LogP contribution is -2.12. The van der Waals surface area contributed by atoms with Gasteiger partial charge in [-0.05, 0) is 23.8 Å². The highest BCUT2D eigenvalue weighted by Gasteiger charge is 2.11. The molecule has 1 aliphatic rings. The van der Waals surface area contributed by atoms with Gasteiger partial charge in [0.15, 0.2) is 0 Å². The molecule has 0 bridgehead atoms. The Morgan fingerprint density at radius 2 is 2.00 bits per heavy atom. The first kappa shape index (κ1) is 10.4. The molecule has 0 aliphatic heterocycles. The summed E-state index contributed by atoms with van der Waals surface area (Å²) >= 11 is 0. The van der Waals surface area contributed by atoms with Crippen LogP contribution in [-0.2, 0) is 4.42 Å². The fourth-order valence-corrected chi connectivity index (χ4v) is 1.05. The Kier molecular flexibility index (Phi) is 3.34. The number of nitro groups is 1. The first-order chi connectivity index (χ1) is 6.63. The van der Waals surface area contributed by atoms with Crippen LogP contribution in [0.3, 0.4) is 0 Å². The SMILES string of the molecule is C[O+]=C1C=CC(=CC(C)[N+](=O)[O-])C=C1. The van der Waals surface area contributed by atoms with Crippen LogP contribution in [0.4, 0.5) is 0 Å². The highest BCUT2D eigenvalue weighted by Crippen LogP contribution is 2.08. The van der Waals surface area contributed by atoms with Gasteiger partial charge in [0.05, 0.1) is 0 Å². The summed E-state index contributed by atoms with van der Waals surface area (Å²) in [4.78, 5) is 10.0.